The highest BCUT2D eigenvalue weighted by Gasteiger charge is 2.30. The summed E-state index contributed by atoms with van der Waals surface area (Å²) in [6, 6.07) is 2.43. The van der Waals surface area contributed by atoms with Crippen LogP contribution < -0.4 is 10.0 Å². The number of sulfonamides is 1. The Morgan fingerprint density at radius 2 is 1.96 bits per heavy atom. The van der Waals surface area contributed by atoms with Crippen molar-refractivity contribution in [2.24, 2.45) is 5.92 Å². The SMILES string of the molecule is CC(C)(C)S(=O)(=O)NCC1CCC(Nc2nc3cc(Cl)cnc3o2)CC1. The molecule has 2 N–H and O–H groups in total. The largest absolute Gasteiger partial charge is 0.404 e. The Morgan fingerprint density at radius 3 is 2.62 bits per heavy atom. The standard InChI is InChI=1S/C17H25ClN4O3S/c1-17(2,3)26(23,24)20-9-11-4-6-13(7-5-11)21-16-22-14-8-12(18)10-19-15(14)25-16/h8,10-11,13,20H,4-7,9H2,1-3H3,(H,21,22). The van der Waals surface area contributed by atoms with Crippen LogP contribution in [0.25, 0.3) is 11.2 Å². The highest BCUT2D eigenvalue weighted by molar-refractivity contribution is 7.90. The van der Waals surface area contributed by atoms with Crippen molar-refractivity contribution >= 4 is 38.9 Å². The normalized spacial score (nSPS) is 21.8. The molecular formula is C17H25ClN4O3S. The van der Waals surface area contributed by atoms with Gasteiger partial charge in [-0.25, -0.2) is 18.1 Å². The summed E-state index contributed by atoms with van der Waals surface area (Å²) in [4.78, 5) is 8.47. The molecule has 2 aromatic heterocycles. The van der Waals surface area contributed by atoms with Crippen LogP contribution in [0.1, 0.15) is 46.5 Å². The van der Waals surface area contributed by atoms with Gasteiger partial charge in [0, 0.05) is 18.8 Å². The minimum atomic E-state index is -3.29. The van der Waals surface area contributed by atoms with Crippen LogP contribution in [0, 0.1) is 5.92 Å². The van der Waals surface area contributed by atoms with Gasteiger partial charge < -0.3 is 9.73 Å². The second kappa shape index (κ2) is 7.32. The van der Waals surface area contributed by atoms with Crippen LogP contribution in [0.15, 0.2) is 16.7 Å². The number of aromatic nitrogens is 2. The van der Waals surface area contributed by atoms with Crippen LogP contribution in [-0.4, -0.2) is 35.7 Å². The maximum absolute atomic E-state index is 12.1. The first-order valence-corrected chi connectivity index (χ1v) is 10.7. The fourth-order valence-electron chi connectivity index (χ4n) is 2.99. The molecule has 9 heteroatoms. The first-order chi connectivity index (χ1) is 12.1. The molecule has 1 aliphatic rings. The van der Waals surface area contributed by atoms with Crippen LogP contribution >= 0.6 is 11.6 Å². The number of halogens is 1. The third-order valence-electron chi connectivity index (χ3n) is 4.76. The molecule has 2 aromatic rings. The van der Waals surface area contributed by atoms with Crippen LogP contribution in [0.4, 0.5) is 6.01 Å². The van der Waals surface area contributed by atoms with Gasteiger partial charge in [0.25, 0.3) is 6.01 Å². The van der Waals surface area contributed by atoms with E-state index in [9.17, 15) is 8.42 Å². The monoisotopic (exact) mass is 400 g/mol. The van der Waals surface area contributed by atoms with Gasteiger partial charge in [-0.1, -0.05) is 11.6 Å². The molecule has 26 heavy (non-hydrogen) atoms. The maximum atomic E-state index is 12.1. The van der Waals surface area contributed by atoms with Crippen molar-refractivity contribution in [1.29, 1.82) is 0 Å². The molecule has 0 amide bonds. The quantitative estimate of drug-likeness (QED) is 0.796. The number of oxazole rings is 1. The van der Waals surface area contributed by atoms with E-state index in [1.165, 1.54) is 6.20 Å². The van der Waals surface area contributed by atoms with Crippen molar-refractivity contribution in [3.05, 3.63) is 17.3 Å². The predicted molar refractivity (Wildman–Crippen MR) is 103 cm³/mol. The molecule has 1 saturated carbocycles. The molecule has 7 nitrogen and oxygen atoms in total. The first-order valence-electron chi connectivity index (χ1n) is 8.82. The zero-order valence-corrected chi connectivity index (χ0v) is 16.8. The zero-order chi connectivity index (χ0) is 18.9. The number of rotatable bonds is 5. The van der Waals surface area contributed by atoms with Crippen LogP contribution in [0.2, 0.25) is 5.02 Å². The third kappa shape index (κ3) is 4.47. The lowest BCUT2D eigenvalue weighted by atomic mass is 9.86. The summed E-state index contributed by atoms with van der Waals surface area (Å²) < 4.78 is 31.9. The van der Waals surface area contributed by atoms with Crippen molar-refractivity contribution in [3.8, 4) is 0 Å². The number of nitrogens with zero attached hydrogens (tertiary/aromatic N) is 2. The summed E-state index contributed by atoms with van der Waals surface area (Å²) in [5.74, 6) is 0.356. The molecule has 144 valence electrons. The Balaban J connectivity index is 1.50. The molecule has 2 heterocycles. The van der Waals surface area contributed by atoms with E-state index in [0.29, 0.717) is 34.7 Å². The van der Waals surface area contributed by atoms with Crippen molar-refractivity contribution in [2.45, 2.75) is 57.2 Å². The summed E-state index contributed by atoms with van der Waals surface area (Å²) in [6.45, 7) is 5.62. The molecule has 0 radical (unpaired) electrons. The molecule has 1 aliphatic carbocycles. The van der Waals surface area contributed by atoms with E-state index in [1.807, 2.05) is 0 Å². The number of nitrogens with one attached hydrogen (secondary N) is 2. The molecule has 0 unspecified atom stereocenters. The van der Waals surface area contributed by atoms with Gasteiger partial charge in [-0.05, 0) is 58.4 Å². The molecule has 1 fully saturated rings. The fourth-order valence-corrected chi connectivity index (χ4v) is 4.03. The summed E-state index contributed by atoms with van der Waals surface area (Å²) in [7, 11) is -3.29. The van der Waals surface area contributed by atoms with Crippen LogP contribution in [-0.2, 0) is 10.0 Å². The van der Waals surface area contributed by atoms with Gasteiger partial charge >= 0.3 is 0 Å². The van der Waals surface area contributed by atoms with E-state index in [4.69, 9.17) is 16.0 Å². The second-order valence-electron chi connectivity index (χ2n) is 7.82. The van der Waals surface area contributed by atoms with Gasteiger partial charge in [0.05, 0.1) is 9.77 Å². The summed E-state index contributed by atoms with van der Waals surface area (Å²) >= 11 is 5.91. The van der Waals surface area contributed by atoms with Gasteiger partial charge in [0.15, 0.2) is 0 Å². The van der Waals surface area contributed by atoms with Gasteiger partial charge in [-0.15, -0.1) is 0 Å². The van der Waals surface area contributed by atoms with Gasteiger partial charge in [-0.3, -0.25) is 0 Å². The number of pyridine rings is 1. The van der Waals surface area contributed by atoms with Gasteiger partial charge in [0.2, 0.25) is 15.7 Å². The molecular weight excluding hydrogens is 376 g/mol. The lowest BCUT2D eigenvalue weighted by molar-refractivity contribution is 0.333. The van der Waals surface area contributed by atoms with Gasteiger partial charge in [0.1, 0.15) is 5.52 Å². The highest BCUT2D eigenvalue weighted by atomic mass is 35.5. The first kappa shape index (κ1) is 19.4. The lowest BCUT2D eigenvalue weighted by Gasteiger charge is -2.29. The van der Waals surface area contributed by atoms with Crippen molar-refractivity contribution in [2.75, 3.05) is 11.9 Å². The lowest BCUT2D eigenvalue weighted by Crippen LogP contribution is -2.42. The Hall–Kier alpha value is -1.38. The third-order valence-corrected chi connectivity index (χ3v) is 7.12. The molecule has 3 rings (SSSR count). The molecule has 0 saturated heterocycles. The van der Waals surface area contributed by atoms with E-state index in [1.54, 1.807) is 26.8 Å². The van der Waals surface area contributed by atoms with Gasteiger partial charge in [-0.2, -0.15) is 4.98 Å². The Bertz CT molecular complexity index is 868. The molecule has 0 aliphatic heterocycles. The van der Waals surface area contributed by atoms with Crippen molar-refractivity contribution < 1.29 is 12.8 Å². The minimum absolute atomic E-state index is 0.258. The number of hydrogen-bond donors (Lipinski definition) is 2. The summed E-state index contributed by atoms with van der Waals surface area (Å²) in [5.41, 5.74) is 1.09. The van der Waals surface area contributed by atoms with Crippen LogP contribution in [0.5, 0.6) is 0 Å². The smallest absolute Gasteiger partial charge is 0.297 e. The van der Waals surface area contributed by atoms with E-state index >= 15 is 0 Å². The number of anilines is 1. The highest BCUT2D eigenvalue weighted by Crippen LogP contribution is 2.28. The van der Waals surface area contributed by atoms with Crippen LogP contribution in [0.3, 0.4) is 0 Å². The van der Waals surface area contributed by atoms with E-state index < -0.39 is 14.8 Å². The van der Waals surface area contributed by atoms with E-state index in [0.717, 1.165) is 25.7 Å². The zero-order valence-electron chi connectivity index (χ0n) is 15.3. The predicted octanol–water partition coefficient (Wildman–Crippen LogP) is 3.56. The minimum Gasteiger partial charge on any atom is -0.404 e. The average molecular weight is 401 g/mol. The Labute approximate surface area is 159 Å². The fraction of sp³-hybridized carbons (Fsp3) is 0.647. The van der Waals surface area contributed by atoms with Crippen molar-refractivity contribution in [3.63, 3.8) is 0 Å². The number of fused-ring (bicyclic) bond motifs is 1. The maximum Gasteiger partial charge on any atom is 0.297 e. The topological polar surface area (TPSA) is 97.1 Å². The summed E-state index contributed by atoms with van der Waals surface area (Å²) in [6.07, 6.45) is 5.32. The molecule has 0 aromatic carbocycles. The molecule has 0 atom stereocenters. The Kier molecular flexibility index (Phi) is 5.46. The van der Waals surface area contributed by atoms with E-state index in [2.05, 4.69) is 20.0 Å². The second-order valence-corrected chi connectivity index (χ2v) is 10.8. The Morgan fingerprint density at radius 1 is 1.27 bits per heavy atom. The molecule has 0 bridgehead atoms. The van der Waals surface area contributed by atoms with Crippen molar-refractivity contribution in [1.82, 2.24) is 14.7 Å². The number of hydrogen-bond acceptors (Lipinski definition) is 6. The van der Waals surface area contributed by atoms with E-state index in [-0.39, 0.29) is 6.04 Å². The molecule has 0 spiro atoms. The summed E-state index contributed by atoms with van der Waals surface area (Å²) in [5, 5.41) is 3.83. The average Bonchev–Trinajstić information content (AvgIpc) is 2.94.